The maximum Gasteiger partial charge on any atom is 0.194 e. The van der Waals surface area contributed by atoms with E-state index in [-0.39, 0.29) is 11.1 Å². The smallest absolute Gasteiger partial charge is 0.194 e. The van der Waals surface area contributed by atoms with Crippen LogP contribution >= 0.6 is 0 Å². The normalized spacial score (nSPS) is 11.1. The molecule has 6 nitrogen and oxygen atoms in total. The van der Waals surface area contributed by atoms with Gasteiger partial charge >= 0.3 is 0 Å². The van der Waals surface area contributed by atoms with Crippen molar-refractivity contribution in [2.75, 3.05) is 0 Å². The number of nitriles is 3. The van der Waals surface area contributed by atoms with Crippen LogP contribution in [-0.4, -0.2) is 9.13 Å². The van der Waals surface area contributed by atoms with Gasteiger partial charge in [-0.25, -0.2) is 9.24 Å². The van der Waals surface area contributed by atoms with E-state index >= 15 is 4.39 Å². The van der Waals surface area contributed by atoms with E-state index in [1.54, 1.807) is 30.3 Å². The predicted molar refractivity (Wildman–Crippen MR) is 232 cm³/mol. The molecule has 59 heavy (non-hydrogen) atoms. The molecule has 0 amide bonds. The molecule has 0 saturated heterocycles. The molecule has 0 spiro atoms. The van der Waals surface area contributed by atoms with Gasteiger partial charge in [-0.15, -0.1) is 0 Å². The molecule has 272 valence electrons. The maximum atomic E-state index is 16.7. The zero-order chi connectivity index (χ0) is 40.2. The highest BCUT2D eigenvalue weighted by Gasteiger charge is 2.25. The van der Waals surface area contributed by atoms with Crippen LogP contribution in [0.25, 0.3) is 93.2 Å². The Morgan fingerprint density at radius 1 is 0.458 bits per heavy atom. The molecule has 10 rings (SSSR count). The molecule has 0 aliphatic heterocycles. The predicted octanol–water partition coefficient (Wildman–Crippen LogP) is 13.2. The summed E-state index contributed by atoms with van der Waals surface area (Å²) in [7, 11) is 0. The van der Waals surface area contributed by atoms with E-state index < -0.39 is 5.82 Å². The number of para-hydroxylation sites is 3. The van der Waals surface area contributed by atoms with Gasteiger partial charge in [-0.3, -0.25) is 0 Å². The second-order valence-electron chi connectivity index (χ2n) is 14.3. The number of aromatic nitrogens is 2. The second-order valence-corrected chi connectivity index (χ2v) is 14.3. The fraction of sp³-hybridized carbons (Fsp3) is 0. The highest BCUT2D eigenvalue weighted by molar-refractivity contribution is 6.13. The van der Waals surface area contributed by atoms with Crippen molar-refractivity contribution in [2.24, 2.45) is 0 Å². The lowest BCUT2D eigenvalue weighted by molar-refractivity contribution is 0.630. The molecule has 0 saturated carbocycles. The zero-order valence-electron chi connectivity index (χ0n) is 31.1. The Labute approximate surface area is 338 Å². The van der Waals surface area contributed by atoms with Crippen LogP contribution in [0.4, 0.5) is 10.1 Å². The minimum atomic E-state index is -0.578. The second kappa shape index (κ2) is 13.8. The molecule has 0 N–H and O–H groups in total. The number of nitrogens with zero attached hydrogens (tertiary/aromatic N) is 6. The summed E-state index contributed by atoms with van der Waals surface area (Å²) in [6, 6.07) is 58.1. The summed E-state index contributed by atoms with van der Waals surface area (Å²) < 4.78 is 20.9. The maximum absolute atomic E-state index is 16.7. The molecule has 0 aliphatic rings. The minimum absolute atomic E-state index is 0.189. The van der Waals surface area contributed by atoms with E-state index in [4.69, 9.17) is 6.57 Å². The number of rotatable bonds is 5. The number of hydrogen-bond acceptors (Lipinski definition) is 3. The third kappa shape index (κ3) is 5.43. The Kier molecular flexibility index (Phi) is 8.10. The standard InChI is InChI=1S/C52H27FN6/c1-57-45-15-7-4-12-38(45)35-20-23-49-43(28-35)40-14-6-9-17-47(40)59(49)51-26-33(30-55)25-50(52(51)41-21-18-32(29-54)24-44(41)53)58-46-16-8-5-13-39(46)42-27-34(19-22-48(42)58)37-11-3-2-10-36(37)31-56/h2-28H. The molecule has 2 aromatic heterocycles. The lowest BCUT2D eigenvalue weighted by Crippen LogP contribution is -2.06. The molecular weight excluding hydrogens is 728 g/mol. The largest absolute Gasteiger partial charge is 0.308 e. The van der Waals surface area contributed by atoms with Gasteiger partial charge < -0.3 is 9.13 Å². The van der Waals surface area contributed by atoms with Crippen molar-refractivity contribution in [1.82, 2.24) is 9.13 Å². The fourth-order valence-electron chi connectivity index (χ4n) is 8.54. The van der Waals surface area contributed by atoms with Crippen LogP contribution in [-0.2, 0) is 0 Å². The van der Waals surface area contributed by atoms with Crippen LogP contribution in [0.15, 0.2) is 164 Å². The fourth-order valence-corrected chi connectivity index (χ4v) is 8.54. The van der Waals surface area contributed by atoms with Crippen molar-refractivity contribution in [3.05, 3.63) is 198 Å². The number of fused-ring (bicyclic) bond motifs is 6. The minimum Gasteiger partial charge on any atom is -0.308 e. The van der Waals surface area contributed by atoms with Gasteiger partial charge in [-0.2, -0.15) is 15.8 Å². The van der Waals surface area contributed by atoms with E-state index in [2.05, 4.69) is 44.3 Å². The molecule has 0 aliphatic carbocycles. The van der Waals surface area contributed by atoms with Gasteiger partial charge in [0.1, 0.15) is 5.82 Å². The summed E-state index contributed by atoms with van der Waals surface area (Å²) >= 11 is 0. The molecule has 0 fully saturated rings. The third-order valence-electron chi connectivity index (χ3n) is 11.1. The van der Waals surface area contributed by atoms with Gasteiger partial charge in [-0.1, -0.05) is 91.0 Å². The highest BCUT2D eigenvalue weighted by Crippen LogP contribution is 2.45. The summed E-state index contributed by atoms with van der Waals surface area (Å²) in [4.78, 5) is 3.78. The van der Waals surface area contributed by atoms with Gasteiger partial charge in [0.05, 0.1) is 74.9 Å². The van der Waals surface area contributed by atoms with E-state index in [1.165, 1.54) is 6.07 Å². The number of benzene rings is 8. The summed E-state index contributed by atoms with van der Waals surface area (Å²) in [5.74, 6) is -0.578. The van der Waals surface area contributed by atoms with Gasteiger partial charge in [0.2, 0.25) is 0 Å². The first-order chi connectivity index (χ1) is 29.0. The lowest BCUT2D eigenvalue weighted by Gasteiger charge is -2.21. The Morgan fingerprint density at radius 3 is 1.56 bits per heavy atom. The van der Waals surface area contributed by atoms with Gasteiger partial charge in [0.25, 0.3) is 0 Å². The summed E-state index contributed by atoms with van der Waals surface area (Å²) in [6.45, 7) is 7.81. The van der Waals surface area contributed by atoms with Crippen molar-refractivity contribution >= 4 is 49.3 Å². The van der Waals surface area contributed by atoms with Crippen LogP contribution in [0, 0.1) is 46.4 Å². The van der Waals surface area contributed by atoms with E-state index in [1.807, 2.05) is 115 Å². The number of hydrogen-bond donors (Lipinski definition) is 0. The Balaban J connectivity index is 1.33. The van der Waals surface area contributed by atoms with Crippen LogP contribution < -0.4 is 0 Å². The van der Waals surface area contributed by atoms with Crippen LogP contribution in [0.3, 0.4) is 0 Å². The third-order valence-corrected chi connectivity index (χ3v) is 11.1. The molecule has 0 unspecified atom stereocenters. The van der Waals surface area contributed by atoms with Crippen molar-refractivity contribution in [1.29, 1.82) is 15.8 Å². The molecule has 2 heterocycles. The molecule has 7 heteroatoms. The van der Waals surface area contributed by atoms with Gasteiger partial charge in [0.15, 0.2) is 5.69 Å². The summed E-state index contributed by atoms with van der Waals surface area (Å²) in [6.07, 6.45) is 0. The van der Waals surface area contributed by atoms with Crippen LogP contribution in [0.1, 0.15) is 16.7 Å². The van der Waals surface area contributed by atoms with E-state index in [0.717, 1.165) is 65.9 Å². The van der Waals surface area contributed by atoms with Crippen molar-refractivity contribution in [3.8, 4) is 63.0 Å². The van der Waals surface area contributed by atoms with E-state index in [0.29, 0.717) is 33.8 Å². The van der Waals surface area contributed by atoms with Crippen LogP contribution in [0.2, 0.25) is 0 Å². The summed E-state index contributed by atoms with van der Waals surface area (Å²) in [5, 5.41) is 34.1. The Morgan fingerprint density at radius 2 is 0.983 bits per heavy atom. The monoisotopic (exact) mass is 754 g/mol. The van der Waals surface area contributed by atoms with Crippen LogP contribution in [0.5, 0.6) is 0 Å². The van der Waals surface area contributed by atoms with E-state index in [9.17, 15) is 15.8 Å². The number of halogens is 1. The molecule has 0 bridgehead atoms. The Hall–Kier alpha value is -8.75. The topological polar surface area (TPSA) is 85.6 Å². The van der Waals surface area contributed by atoms with Crippen molar-refractivity contribution < 1.29 is 4.39 Å². The van der Waals surface area contributed by atoms with Gasteiger partial charge in [-0.05, 0) is 95.1 Å². The molecule has 0 atom stereocenters. The average Bonchev–Trinajstić information content (AvgIpc) is 3.80. The first kappa shape index (κ1) is 34.7. The highest BCUT2D eigenvalue weighted by atomic mass is 19.1. The van der Waals surface area contributed by atoms with Crippen molar-refractivity contribution in [3.63, 3.8) is 0 Å². The molecular formula is C52H27FN6. The molecule has 0 radical (unpaired) electrons. The lowest BCUT2D eigenvalue weighted by atomic mass is 9.96. The molecule has 10 aromatic rings. The average molecular weight is 755 g/mol. The first-order valence-electron chi connectivity index (χ1n) is 18.8. The molecule has 8 aromatic carbocycles. The first-order valence-corrected chi connectivity index (χ1v) is 18.8. The zero-order valence-corrected chi connectivity index (χ0v) is 31.1. The van der Waals surface area contributed by atoms with Crippen molar-refractivity contribution in [2.45, 2.75) is 0 Å². The van der Waals surface area contributed by atoms with Gasteiger partial charge in [0, 0.05) is 32.7 Å². The SMILES string of the molecule is [C-]#[N+]c1ccccc1-c1ccc2c(c1)c1ccccc1n2-c1cc(C#N)cc(-n2c3ccccc3c3cc(-c4ccccc4C#N)ccc32)c1-c1ccc(C#N)cc1F. The Bertz CT molecular complexity index is 3380. The summed E-state index contributed by atoms with van der Waals surface area (Å²) in [5.41, 5.74) is 10.4. The quantitative estimate of drug-likeness (QED) is 0.164.